The third-order valence-corrected chi connectivity index (χ3v) is 4.83. The first-order valence-electron chi connectivity index (χ1n) is 7.20. The lowest BCUT2D eigenvalue weighted by Gasteiger charge is -2.27. The van der Waals surface area contributed by atoms with E-state index in [1.165, 1.54) is 40.6 Å². The molecule has 9 heteroatoms. The van der Waals surface area contributed by atoms with Gasteiger partial charge in [0, 0.05) is 17.7 Å². The SMILES string of the molecule is CCN1CSc2nc(-c3ccc([N+](=O)[O-])cc3)c(C#N)c(=O)n2C1. The third-order valence-electron chi connectivity index (χ3n) is 3.76. The molecule has 1 aromatic carbocycles. The monoisotopic (exact) mass is 343 g/mol. The van der Waals surface area contributed by atoms with E-state index in [1.807, 2.05) is 13.0 Å². The average molecular weight is 343 g/mol. The van der Waals surface area contributed by atoms with Crippen LogP contribution in [0.3, 0.4) is 0 Å². The van der Waals surface area contributed by atoms with Gasteiger partial charge in [0.2, 0.25) is 0 Å². The number of hydrogen-bond acceptors (Lipinski definition) is 7. The highest BCUT2D eigenvalue weighted by atomic mass is 32.2. The van der Waals surface area contributed by atoms with E-state index in [1.54, 1.807) is 0 Å². The molecule has 0 spiro atoms. The maximum atomic E-state index is 12.6. The minimum absolute atomic E-state index is 0.0499. The molecule has 0 aliphatic carbocycles. The Labute approximate surface area is 141 Å². The normalized spacial score (nSPS) is 14.0. The van der Waals surface area contributed by atoms with Gasteiger partial charge in [-0.3, -0.25) is 24.4 Å². The Morgan fingerprint density at radius 2 is 2.12 bits per heavy atom. The molecule has 0 N–H and O–H groups in total. The molecule has 24 heavy (non-hydrogen) atoms. The number of thioether (sulfide) groups is 1. The average Bonchev–Trinajstić information content (AvgIpc) is 2.61. The molecule has 0 amide bonds. The molecule has 0 unspecified atom stereocenters. The zero-order valence-electron chi connectivity index (χ0n) is 12.8. The van der Waals surface area contributed by atoms with Crippen LogP contribution < -0.4 is 5.56 Å². The van der Waals surface area contributed by atoms with Crippen molar-refractivity contribution in [1.29, 1.82) is 5.26 Å². The van der Waals surface area contributed by atoms with Gasteiger partial charge >= 0.3 is 0 Å². The van der Waals surface area contributed by atoms with Gasteiger partial charge in [0.25, 0.3) is 11.2 Å². The third kappa shape index (κ3) is 2.77. The molecule has 1 aliphatic rings. The van der Waals surface area contributed by atoms with Crippen molar-refractivity contribution in [3.63, 3.8) is 0 Å². The van der Waals surface area contributed by atoms with Gasteiger partial charge in [-0.2, -0.15) is 5.26 Å². The number of rotatable bonds is 3. The van der Waals surface area contributed by atoms with Crippen LogP contribution in [0.5, 0.6) is 0 Å². The summed E-state index contributed by atoms with van der Waals surface area (Å²) in [5, 5.41) is 20.7. The number of nitriles is 1. The fraction of sp³-hybridized carbons (Fsp3) is 0.267. The lowest BCUT2D eigenvalue weighted by Crippen LogP contribution is -2.38. The van der Waals surface area contributed by atoms with Crippen LogP contribution in [0.2, 0.25) is 0 Å². The van der Waals surface area contributed by atoms with Gasteiger partial charge in [0.15, 0.2) is 5.16 Å². The highest BCUT2D eigenvalue weighted by molar-refractivity contribution is 7.99. The van der Waals surface area contributed by atoms with E-state index < -0.39 is 4.92 Å². The first-order chi connectivity index (χ1) is 11.5. The van der Waals surface area contributed by atoms with E-state index in [9.17, 15) is 20.2 Å². The van der Waals surface area contributed by atoms with E-state index in [2.05, 4.69) is 9.88 Å². The Hall–Kier alpha value is -2.70. The minimum Gasteiger partial charge on any atom is -0.276 e. The largest absolute Gasteiger partial charge is 0.276 e. The molecular weight excluding hydrogens is 330 g/mol. The molecule has 0 saturated heterocycles. The summed E-state index contributed by atoms with van der Waals surface area (Å²) in [7, 11) is 0. The van der Waals surface area contributed by atoms with Gasteiger partial charge in [-0.05, 0) is 18.7 Å². The summed E-state index contributed by atoms with van der Waals surface area (Å²) in [4.78, 5) is 29.4. The van der Waals surface area contributed by atoms with Gasteiger partial charge in [0.1, 0.15) is 11.6 Å². The second-order valence-corrected chi connectivity index (χ2v) is 6.08. The fourth-order valence-corrected chi connectivity index (χ4v) is 3.42. The standard InChI is InChI=1S/C15H13N5O3S/c1-2-18-8-19-14(21)12(7-16)13(17-15(19)24-9-18)10-3-5-11(6-4-10)20(22)23/h3-6H,2,8-9H2,1H3. The maximum Gasteiger partial charge on any atom is 0.273 e. The van der Waals surface area contributed by atoms with Crippen LogP contribution in [0.1, 0.15) is 12.5 Å². The number of non-ortho nitro benzene ring substituents is 1. The van der Waals surface area contributed by atoms with E-state index in [0.717, 1.165) is 6.54 Å². The number of nitro benzene ring substituents is 1. The summed E-state index contributed by atoms with van der Waals surface area (Å²) < 4.78 is 1.49. The van der Waals surface area contributed by atoms with Crippen molar-refractivity contribution >= 4 is 17.4 Å². The van der Waals surface area contributed by atoms with Gasteiger partial charge in [-0.15, -0.1) is 0 Å². The van der Waals surface area contributed by atoms with Gasteiger partial charge in [-0.1, -0.05) is 18.7 Å². The molecule has 0 bridgehead atoms. The van der Waals surface area contributed by atoms with Crippen molar-refractivity contribution in [2.45, 2.75) is 18.7 Å². The first kappa shape index (κ1) is 16.2. The molecular formula is C15H13N5O3S. The first-order valence-corrected chi connectivity index (χ1v) is 8.18. The summed E-state index contributed by atoms with van der Waals surface area (Å²) in [6.45, 7) is 3.20. The topological polar surface area (TPSA) is 105 Å². The second-order valence-electron chi connectivity index (χ2n) is 5.17. The fourth-order valence-electron chi connectivity index (χ4n) is 2.40. The van der Waals surface area contributed by atoms with Crippen molar-refractivity contribution in [2.24, 2.45) is 0 Å². The van der Waals surface area contributed by atoms with Gasteiger partial charge < -0.3 is 0 Å². The van der Waals surface area contributed by atoms with E-state index in [0.29, 0.717) is 23.3 Å². The molecule has 1 aromatic heterocycles. The van der Waals surface area contributed by atoms with Crippen molar-refractivity contribution < 1.29 is 4.92 Å². The van der Waals surface area contributed by atoms with Crippen LogP contribution in [-0.2, 0) is 6.67 Å². The number of fused-ring (bicyclic) bond motifs is 1. The van der Waals surface area contributed by atoms with Gasteiger partial charge in [-0.25, -0.2) is 4.98 Å². The molecule has 3 rings (SSSR count). The molecule has 0 radical (unpaired) electrons. The Morgan fingerprint density at radius 3 is 2.71 bits per heavy atom. The maximum absolute atomic E-state index is 12.6. The predicted molar refractivity (Wildman–Crippen MR) is 88.4 cm³/mol. The van der Waals surface area contributed by atoms with Crippen LogP contribution in [-0.4, -0.2) is 31.8 Å². The summed E-state index contributed by atoms with van der Waals surface area (Å²) in [6, 6.07) is 7.60. The smallest absolute Gasteiger partial charge is 0.273 e. The van der Waals surface area contributed by atoms with Crippen LogP contribution in [0.15, 0.2) is 34.2 Å². The molecule has 1 aliphatic heterocycles. The van der Waals surface area contributed by atoms with Crippen LogP contribution in [0.25, 0.3) is 11.3 Å². The molecule has 2 aromatic rings. The zero-order chi connectivity index (χ0) is 17.3. The van der Waals surface area contributed by atoms with E-state index >= 15 is 0 Å². The minimum atomic E-state index is -0.501. The molecule has 0 saturated carbocycles. The van der Waals surface area contributed by atoms with E-state index in [-0.39, 0.29) is 22.5 Å². The Kier molecular flexibility index (Phi) is 4.33. The van der Waals surface area contributed by atoms with Crippen LogP contribution in [0.4, 0.5) is 5.69 Å². The molecule has 0 fully saturated rings. The Bertz CT molecular complexity index is 901. The van der Waals surface area contributed by atoms with Crippen molar-refractivity contribution in [3.8, 4) is 17.3 Å². The summed E-state index contributed by atoms with van der Waals surface area (Å²) in [5.41, 5.74) is 0.282. The lowest BCUT2D eigenvalue weighted by atomic mass is 10.1. The lowest BCUT2D eigenvalue weighted by molar-refractivity contribution is -0.384. The van der Waals surface area contributed by atoms with Crippen molar-refractivity contribution in [1.82, 2.24) is 14.5 Å². The number of nitrogens with zero attached hydrogens (tertiary/aromatic N) is 5. The van der Waals surface area contributed by atoms with E-state index in [4.69, 9.17) is 0 Å². The van der Waals surface area contributed by atoms with Gasteiger partial charge in [0.05, 0.1) is 23.2 Å². The van der Waals surface area contributed by atoms with Crippen LogP contribution in [0, 0.1) is 21.4 Å². The summed E-state index contributed by atoms with van der Waals surface area (Å²) in [6.07, 6.45) is 0. The second kappa shape index (κ2) is 6.43. The molecule has 8 nitrogen and oxygen atoms in total. The molecule has 0 atom stereocenters. The Morgan fingerprint density at radius 1 is 1.42 bits per heavy atom. The van der Waals surface area contributed by atoms with Crippen molar-refractivity contribution in [3.05, 3.63) is 50.3 Å². The predicted octanol–water partition coefficient (Wildman–Crippen LogP) is 2.03. The Balaban J connectivity index is 2.13. The summed E-state index contributed by atoms with van der Waals surface area (Å²) >= 11 is 1.43. The number of nitro groups is 1. The number of benzene rings is 1. The quantitative estimate of drug-likeness (QED) is 0.477. The zero-order valence-corrected chi connectivity index (χ0v) is 13.6. The van der Waals surface area contributed by atoms with Crippen LogP contribution >= 0.6 is 11.8 Å². The summed E-state index contributed by atoms with van der Waals surface area (Å²) in [5.74, 6) is 0.717. The van der Waals surface area contributed by atoms with Crippen molar-refractivity contribution in [2.75, 3.05) is 12.4 Å². The molecule has 2 heterocycles. The highest BCUT2D eigenvalue weighted by Crippen LogP contribution is 2.27. The number of aromatic nitrogens is 2. The number of hydrogen-bond donors (Lipinski definition) is 0. The molecule has 122 valence electrons. The highest BCUT2D eigenvalue weighted by Gasteiger charge is 2.23.